The number of carbonyl (C=O) groups excluding carboxylic acids is 2. The highest BCUT2D eigenvalue weighted by atomic mass is 16.2. The van der Waals surface area contributed by atoms with E-state index in [0.717, 1.165) is 5.56 Å². The van der Waals surface area contributed by atoms with E-state index >= 15 is 0 Å². The highest BCUT2D eigenvalue weighted by Gasteiger charge is 2.20. The highest BCUT2D eigenvalue weighted by molar-refractivity contribution is 5.81. The van der Waals surface area contributed by atoms with Crippen molar-refractivity contribution in [2.45, 2.75) is 34.2 Å². The Morgan fingerprint density at radius 3 is 1.54 bits per heavy atom. The molecule has 0 unspecified atom stereocenters. The SMILES string of the molecule is CCN(CC)C(=O)CN(CC(=O)N(CC)CC)Cc1ccccc1. The van der Waals surface area contributed by atoms with Crippen LogP contribution in [-0.2, 0) is 16.1 Å². The maximum absolute atomic E-state index is 12.5. The Hall–Kier alpha value is -1.88. The van der Waals surface area contributed by atoms with E-state index in [1.807, 2.05) is 62.9 Å². The highest BCUT2D eigenvalue weighted by Crippen LogP contribution is 2.06. The van der Waals surface area contributed by atoms with Gasteiger partial charge in [-0.2, -0.15) is 0 Å². The zero-order valence-corrected chi connectivity index (χ0v) is 15.5. The van der Waals surface area contributed by atoms with E-state index in [1.54, 1.807) is 9.80 Å². The largest absolute Gasteiger partial charge is 0.342 e. The molecule has 0 aliphatic carbocycles. The first-order chi connectivity index (χ1) is 11.5. The zero-order valence-electron chi connectivity index (χ0n) is 15.5. The normalized spacial score (nSPS) is 10.7. The van der Waals surface area contributed by atoms with Gasteiger partial charge < -0.3 is 9.80 Å². The van der Waals surface area contributed by atoms with Crippen molar-refractivity contribution in [3.8, 4) is 0 Å². The van der Waals surface area contributed by atoms with Crippen LogP contribution in [0.5, 0.6) is 0 Å². The summed E-state index contributed by atoms with van der Waals surface area (Å²) in [6.45, 7) is 11.8. The summed E-state index contributed by atoms with van der Waals surface area (Å²) in [5.41, 5.74) is 1.11. The number of amides is 2. The zero-order chi connectivity index (χ0) is 17.9. The third-order valence-electron chi connectivity index (χ3n) is 4.20. The maximum atomic E-state index is 12.5. The van der Waals surface area contributed by atoms with Crippen LogP contribution in [0.25, 0.3) is 0 Å². The number of rotatable bonds is 10. The lowest BCUT2D eigenvalue weighted by Gasteiger charge is -2.28. The Morgan fingerprint density at radius 2 is 1.17 bits per heavy atom. The molecule has 134 valence electrons. The molecule has 2 amide bonds. The Kier molecular flexibility index (Phi) is 9.08. The summed E-state index contributed by atoms with van der Waals surface area (Å²) in [5.74, 6) is 0.145. The fraction of sp³-hybridized carbons (Fsp3) is 0.579. The van der Waals surface area contributed by atoms with Crippen LogP contribution in [0.1, 0.15) is 33.3 Å². The van der Waals surface area contributed by atoms with Gasteiger partial charge in [-0.15, -0.1) is 0 Å². The molecular weight excluding hydrogens is 302 g/mol. The van der Waals surface area contributed by atoms with Gasteiger partial charge in [-0.3, -0.25) is 14.5 Å². The van der Waals surface area contributed by atoms with Gasteiger partial charge in [0.25, 0.3) is 0 Å². The molecule has 0 spiro atoms. The van der Waals surface area contributed by atoms with Gasteiger partial charge in [0.1, 0.15) is 0 Å². The minimum Gasteiger partial charge on any atom is -0.342 e. The van der Waals surface area contributed by atoms with Crippen molar-refractivity contribution in [3.05, 3.63) is 35.9 Å². The molecule has 0 saturated heterocycles. The number of hydrogen-bond donors (Lipinski definition) is 0. The summed E-state index contributed by atoms with van der Waals surface area (Å²) >= 11 is 0. The molecule has 5 nitrogen and oxygen atoms in total. The molecule has 0 N–H and O–H groups in total. The average molecular weight is 333 g/mol. The second-order valence-corrected chi connectivity index (χ2v) is 5.76. The van der Waals surface area contributed by atoms with Gasteiger partial charge >= 0.3 is 0 Å². The van der Waals surface area contributed by atoms with Gasteiger partial charge in [0.2, 0.25) is 11.8 Å². The van der Waals surface area contributed by atoms with Gasteiger partial charge in [-0.1, -0.05) is 30.3 Å². The standard InChI is InChI=1S/C19H31N3O2/c1-5-21(6-2)18(23)15-20(14-17-12-10-9-11-13-17)16-19(24)22(7-3)8-4/h9-13H,5-8,14-16H2,1-4H3. The van der Waals surface area contributed by atoms with Crippen LogP contribution in [0.15, 0.2) is 30.3 Å². The summed E-state index contributed by atoms with van der Waals surface area (Å²) in [6.07, 6.45) is 0. The second-order valence-electron chi connectivity index (χ2n) is 5.76. The summed E-state index contributed by atoms with van der Waals surface area (Å²) in [4.78, 5) is 30.5. The average Bonchev–Trinajstić information content (AvgIpc) is 2.57. The molecular formula is C19H31N3O2. The van der Waals surface area contributed by atoms with E-state index in [0.29, 0.717) is 32.7 Å². The molecule has 24 heavy (non-hydrogen) atoms. The third kappa shape index (κ3) is 6.32. The van der Waals surface area contributed by atoms with Crippen LogP contribution < -0.4 is 0 Å². The van der Waals surface area contributed by atoms with Crippen LogP contribution in [-0.4, -0.2) is 65.8 Å². The van der Waals surface area contributed by atoms with E-state index in [9.17, 15) is 9.59 Å². The van der Waals surface area contributed by atoms with Crippen molar-refractivity contribution in [2.75, 3.05) is 39.3 Å². The molecule has 0 radical (unpaired) electrons. The quantitative estimate of drug-likeness (QED) is 0.659. The summed E-state index contributed by atoms with van der Waals surface area (Å²) in [6, 6.07) is 9.97. The topological polar surface area (TPSA) is 43.9 Å². The van der Waals surface area contributed by atoms with Gasteiger partial charge in [0.05, 0.1) is 13.1 Å². The van der Waals surface area contributed by atoms with E-state index in [4.69, 9.17) is 0 Å². The van der Waals surface area contributed by atoms with Crippen molar-refractivity contribution in [1.29, 1.82) is 0 Å². The Morgan fingerprint density at radius 1 is 0.750 bits per heavy atom. The van der Waals surface area contributed by atoms with Gasteiger partial charge in [0.15, 0.2) is 0 Å². The van der Waals surface area contributed by atoms with Crippen LogP contribution in [0.2, 0.25) is 0 Å². The van der Waals surface area contributed by atoms with Crippen molar-refractivity contribution >= 4 is 11.8 Å². The minimum absolute atomic E-state index is 0.0725. The molecule has 0 aliphatic heterocycles. The summed E-state index contributed by atoms with van der Waals surface area (Å²) < 4.78 is 0. The van der Waals surface area contributed by atoms with Gasteiger partial charge in [-0.25, -0.2) is 0 Å². The van der Waals surface area contributed by atoms with E-state index in [1.165, 1.54) is 0 Å². The Labute approximate surface area is 146 Å². The number of benzene rings is 1. The van der Waals surface area contributed by atoms with Crippen LogP contribution in [0.3, 0.4) is 0 Å². The maximum Gasteiger partial charge on any atom is 0.236 e. The number of carbonyl (C=O) groups is 2. The predicted octanol–water partition coefficient (Wildman–Crippen LogP) is 2.23. The second kappa shape index (κ2) is 10.8. The van der Waals surface area contributed by atoms with Crippen molar-refractivity contribution < 1.29 is 9.59 Å². The van der Waals surface area contributed by atoms with Gasteiger partial charge in [0, 0.05) is 32.7 Å². The minimum atomic E-state index is 0.0725. The van der Waals surface area contributed by atoms with Crippen molar-refractivity contribution in [3.63, 3.8) is 0 Å². The summed E-state index contributed by atoms with van der Waals surface area (Å²) in [7, 11) is 0. The lowest BCUT2D eigenvalue weighted by molar-refractivity contribution is -0.135. The van der Waals surface area contributed by atoms with E-state index in [2.05, 4.69) is 0 Å². The van der Waals surface area contributed by atoms with Crippen LogP contribution in [0.4, 0.5) is 0 Å². The molecule has 0 atom stereocenters. The summed E-state index contributed by atoms with van der Waals surface area (Å²) in [5, 5.41) is 0. The first-order valence-corrected chi connectivity index (χ1v) is 8.87. The molecule has 1 aromatic rings. The molecule has 0 aromatic heterocycles. The fourth-order valence-corrected chi connectivity index (χ4v) is 2.74. The van der Waals surface area contributed by atoms with E-state index < -0.39 is 0 Å². The monoisotopic (exact) mass is 333 g/mol. The molecule has 1 aromatic carbocycles. The lowest BCUT2D eigenvalue weighted by Crippen LogP contribution is -2.45. The van der Waals surface area contributed by atoms with Crippen molar-refractivity contribution in [2.24, 2.45) is 0 Å². The molecule has 1 rings (SSSR count). The lowest BCUT2D eigenvalue weighted by atomic mass is 10.2. The van der Waals surface area contributed by atoms with Crippen molar-refractivity contribution in [1.82, 2.24) is 14.7 Å². The van der Waals surface area contributed by atoms with Crippen LogP contribution in [0, 0.1) is 0 Å². The smallest absolute Gasteiger partial charge is 0.236 e. The molecule has 0 heterocycles. The molecule has 0 saturated carbocycles. The predicted molar refractivity (Wildman–Crippen MR) is 97.6 cm³/mol. The molecule has 5 heteroatoms. The number of likely N-dealkylation sites (N-methyl/N-ethyl adjacent to an activating group) is 2. The Bertz CT molecular complexity index is 471. The number of nitrogens with zero attached hydrogens (tertiary/aromatic N) is 3. The Balaban J connectivity index is 2.82. The fourth-order valence-electron chi connectivity index (χ4n) is 2.74. The molecule has 0 fully saturated rings. The van der Waals surface area contributed by atoms with Gasteiger partial charge in [-0.05, 0) is 33.3 Å². The molecule has 0 bridgehead atoms. The molecule has 0 aliphatic rings. The first kappa shape index (κ1) is 20.2. The van der Waals surface area contributed by atoms with E-state index in [-0.39, 0.29) is 24.9 Å². The first-order valence-electron chi connectivity index (χ1n) is 8.87. The number of hydrogen-bond acceptors (Lipinski definition) is 3. The van der Waals surface area contributed by atoms with Crippen LogP contribution >= 0.6 is 0 Å². The third-order valence-corrected chi connectivity index (χ3v) is 4.20.